The molecule has 0 fully saturated rings. The molecule has 9 heteroatoms. The van der Waals surface area contributed by atoms with E-state index in [2.05, 4.69) is 4.98 Å². The Balaban J connectivity index is 1.79. The Morgan fingerprint density at radius 2 is 1.70 bits per heavy atom. The van der Waals surface area contributed by atoms with Crippen molar-refractivity contribution in [3.63, 3.8) is 0 Å². The lowest BCUT2D eigenvalue weighted by Gasteiger charge is -2.18. The number of aliphatic hydroxyl groups is 1. The molecule has 158 valence electrons. The molecule has 0 spiro atoms. The summed E-state index contributed by atoms with van der Waals surface area (Å²) >= 11 is 0.992. The van der Waals surface area contributed by atoms with Gasteiger partial charge in [0.15, 0.2) is 5.03 Å². The van der Waals surface area contributed by atoms with Crippen molar-refractivity contribution in [1.82, 2.24) is 9.55 Å². The first kappa shape index (κ1) is 21.9. The third-order valence-electron chi connectivity index (χ3n) is 3.91. The quantitative estimate of drug-likeness (QED) is 0.614. The van der Waals surface area contributed by atoms with E-state index in [-0.39, 0.29) is 11.6 Å². The van der Waals surface area contributed by atoms with Crippen LogP contribution in [0.25, 0.3) is 5.69 Å². The minimum atomic E-state index is -4.41. The van der Waals surface area contributed by atoms with Gasteiger partial charge in [-0.1, -0.05) is 11.8 Å². The minimum absolute atomic E-state index is 0.121. The summed E-state index contributed by atoms with van der Waals surface area (Å²) in [4.78, 5) is 17.3. The lowest BCUT2D eigenvalue weighted by molar-refractivity contribution is -0.137. The maximum atomic E-state index is 12.8. The zero-order valence-electron chi connectivity index (χ0n) is 16.2. The van der Waals surface area contributed by atoms with E-state index in [1.807, 2.05) is 0 Å². The predicted molar refractivity (Wildman–Crippen MR) is 107 cm³/mol. The number of hydrogen-bond acceptors (Lipinski definition) is 5. The molecule has 0 amide bonds. The van der Waals surface area contributed by atoms with Crippen molar-refractivity contribution in [3.05, 3.63) is 76.8 Å². The summed E-state index contributed by atoms with van der Waals surface area (Å²) in [5.41, 5.74) is -1.54. The number of hydrogen-bond donors (Lipinski definition) is 1. The number of rotatable bonds is 6. The number of ether oxygens (including phenoxy) is 1. The van der Waals surface area contributed by atoms with E-state index in [4.69, 9.17) is 4.74 Å². The lowest BCUT2D eigenvalue weighted by atomic mass is 10.2. The molecule has 0 aliphatic heterocycles. The summed E-state index contributed by atoms with van der Waals surface area (Å²) in [5, 5.41) is 9.86. The molecule has 30 heavy (non-hydrogen) atoms. The van der Waals surface area contributed by atoms with Gasteiger partial charge >= 0.3 is 6.18 Å². The van der Waals surface area contributed by atoms with Gasteiger partial charge in [-0.25, -0.2) is 4.98 Å². The van der Waals surface area contributed by atoms with Crippen LogP contribution in [0.5, 0.6) is 5.75 Å². The highest BCUT2D eigenvalue weighted by molar-refractivity contribution is 7.99. The fourth-order valence-corrected chi connectivity index (χ4v) is 3.25. The van der Waals surface area contributed by atoms with Crippen LogP contribution in [-0.4, -0.2) is 26.9 Å². The molecular weight excluding hydrogens is 417 g/mol. The Morgan fingerprint density at radius 3 is 2.27 bits per heavy atom. The molecule has 0 aliphatic carbocycles. The van der Waals surface area contributed by atoms with E-state index in [0.717, 1.165) is 23.9 Å². The van der Waals surface area contributed by atoms with Crippen LogP contribution < -0.4 is 10.3 Å². The number of benzene rings is 2. The maximum absolute atomic E-state index is 12.8. The molecule has 1 aromatic heterocycles. The Labute approximate surface area is 175 Å². The zero-order valence-corrected chi connectivity index (χ0v) is 17.0. The van der Waals surface area contributed by atoms with Crippen molar-refractivity contribution >= 4 is 11.8 Å². The summed E-state index contributed by atoms with van der Waals surface area (Å²) < 4.78 is 45.0. The maximum Gasteiger partial charge on any atom is 0.416 e. The van der Waals surface area contributed by atoms with Crippen LogP contribution in [0.2, 0.25) is 0 Å². The van der Waals surface area contributed by atoms with Gasteiger partial charge in [-0.2, -0.15) is 13.2 Å². The van der Waals surface area contributed by atoms with Crippen LogP contribution in [0.1, 0.15) is 19.4 Å². The van der Waals surface area contributed by atoms with Crippen molar-refractivity contribution in [3.8, 4) is 11.4 Å². The summed E-state index contributed by atoms with van der Waals surface area (Å²) in [5.74, 6) is 0.544. The first-order valence-corrected chi connectivity index (χ1v) is 9.73. The fourth-order valence-electron chi connectivity index (χ4n) is 2.45. The van der Waals surface area contributed by atoms with Gasteiger partial charge in [0.1, 0.15) is 12.4 Å². The first-order chi connectivity index (χ1) is 14.0. The van der Waals surface area contributed by atoms with Crippen LogP contribution in [0, 0.1) is 0 Å². The Hall–Kier alpha value is -2.78. The number of halogens is 3. The molecule has 2 aromatic carbocycles. The van der Waals surface area contributed by atoms with Crippen LogP contribution >= 0.6 is 11.8 Å². The number of nitrogens with zero attached hydrogens (tertiary/aromatic N) is 2. The second-order valence-corrected chi connectivity index (χ2v) is 8.19. The normalized spacial score (nSPS) is 12.1. The van der Waals surface area contributed by atoms with Gasteiger partial charge in [0, 0.05) is 23.0 Å². The van der Waals surface area contributed by atoms with Crippen molar-refractivity contribution in [1.29, 1.82) is 0 Å². The molecule has 0 aliphatic rings. The van der Waals surface area contributed by atoms with Crippen LogP contribution in [0.15, 0.2) is 75.6 Å². The van der Waals surface area contributed by atoms with Gasteiger partial charge in [-0.05, 0) is 62.4 Å². The standard InChI is InChI=1S/C21H19F3N2O3S/c1-20(2,28)13-29-16-7-5-15(6-8-16)26-12-11-25-18(19(26)27)30-17-9-3-14(4-10-17)21(22,23)24/h3-12,28H,13H2,1-2H3. The van der Waals surface area contributed by atoms with E-state index in [0.29, 0.717) is 16.3 Å². The van der Waals surface area contributed by atoms with Crippen molar-refractivity contribution in [2.75, 3.05) is 6.61 Å². The molecular formula is C21H19F3N2O3S. The minimum Gasteiger partial charge on any atom is -0.491 e. The molecule has 1 heterocycles. The second kappa shape index (κ2) is 8.53. The highest BCUT2D eigenvalue weighted by Crippen LogP contribution is 2.31. The van der Waals surface area contributed by atoms with Gasteiger partial charge in [0.25, 0.3) is 5.56 Å². The topological polar surface area (TPSA) is 64.3 Å². The molecule has 0 bridgehead atoms. The molecule has 0 unspecified atom stereocenters. The molecule has 5 nitrogen and oxygen atoms in total. The fraction of sp³-hybridized carbons (Fsp3) is 0.238. The van der Waals surface area contributed by atoms with Crippen molar-refractivity contribution in [2.24, 2.45) is 0 Å². The van der Waals surface area contributed by atoms with Crippen molar-refractivity contribution in [2.45, 2.75) is 35.5 Å². The monoisotopic (exact) mass is 436 g/mol. The van der Waals surface area contributed by atoms with Gasteiger partial charge in [0.05, 0.1) is 11.2 Å². The summed E-state index contributed by atoms with van der Waals surface area (Å²) in [6, 6.07) is 11.3. The molecule has 3 aromatic rings. The lowest BCUT2D eigenvalue weighted by Crippen LogP contribution is -2.27. The van der Waals surface area contributed by atoms with Gasteiger partial charge in [-0.3, -0.25) is 9.36 Å². The van der Waals surface area contributed by atoms with E-state index < -0.39 is 22.9 Å². The van der Waals surface area contributed by atoms with E-state index in [1.54, 1.807) is 38.1 Å². The summed E-state index contributed by atoms with van der Waals surface area (Å²) in [6.07, 6.45) is -1.46. The van der Waals surface area contributed by atoms with E-state index in [9.17, 15) is 23.1 Å². The third-order valence-corrected chi connectivity index (χ3v) is 4.89. The Morgan fingerprint density at radius 1 is 1.07 bits per heavy atom. The Bertz CT molecular complexity index is 1060. The third kappa shape index (κ3) is 5.64. The molecule has 3 rings (SSSR count). The molecule has 0 atom stereocenters. The smallest absolute Gasteiger partial charge is 0.416 e. The van der Waals surface area contributed by atoms with Crippen LogP contribution in [0.3, 0.4) is 0 Å². The highest BCUT2D eigenvalue weighted by Gasteiger charge is 2.30. The molecule has 0 saturated heterocycles. The van der Waals surface area contributed by atoms with Gasteiger partial charge < -0.3 is 9.84 Å². The van der Waals surface area contributed by atoms with E-state index >= 15 is 0 Å². The first-order valence-electron chi connectivity index (χ1n) is 8.91. The second-order valence-electron chi connectivity index (χ2n) is 7.13. The molecule has 0 saturated carbocycles. The predicted octanol–water partition coefficient (Wildman–Crippen LogP) is 4.55. The average molecular weight is 436 g/mol. The molecule has 0 radical (unpaired) electrons. The average Bonchev–Trinajstić information content (AvgIpc) is 2.68. The summed E-state index contributed by atoms with van der Waals surface area (Å²) in [7, 11) is 0. The number of alkyl halides is 3. The SMILES string of the molecule is CC(C)(O)COc1ccc(-n2ccnc(Sc3ccc(C(F)(F)F)cc3)c2=O)cc1. The van der Waals surface area contributed by atoms with Crippen LogP contribution in [0.4, 0.5) is 13.2 Å². The van der Waals surface area contributed by atoms with Gasteiger partial charge in [-0.15, -0.1) is 0 Å². The van der Waals surface area contributed by atoms with E-state index in [1.165, 1.54) is 29.1 Å². The van der Waals surface area contributed by atoms with Crippen molar-refractivity contribution < 1.29 is 23.0 Å². The largest absolute Gasteiger partial charge is 0.491 e. The Kier molecular flexibility index (Phi) is 6.23. The number of aromatic nitrogens is 2. The molecule has 1 N–H and O–H groups in total. The summed E-state index contributed by atoms with van der Waals surface area (Å²) in [6.45, 7) is 3.39. The highest BCUT2D eigenvalue weighted by atomic mass is 32.2. The van der Waals surface area contributed by atoms with Crippen LogP contribution in [-0.2, 0) is 6.18 Å². The van der Waals surface area contributed by atoms with Gasteiger partial charge in [0.2, 0.25) is 0 Å². The zero-order chi connectivity index (χ0) is 21.9.